The molecule has 1 aromatic heterocycles. The van der Waals surface area contributed by atoms with Gasteiger partial charge in [0.2, 0.25) is 0 Å². The van der Waals surface area contributed by atoms with Gasteiger partial charge in [-0.2, -0.15) is 0 Å². The van der Waals surface area contributed by atoms with E-state index in [0.29, 0.717) is 29.0 Å². The topological polar surface area (TPSA) is 76.2 Å². The number of carboxylic acid groups (broad SMARTS) is 1. The highest BCUT2D eigenvalue weighted by atomic mass is 32.2. The molecule has 1 N–H and O–H groups in total. The van der Waals surface area contributed by atoms with Gasteiger partial charge in [-0.15, -0.1) is 5.10 Å². The first kappa shape index (κ1) is 10.7. The second-order valence-corrected chi connectivity index (χ2v) is 3.97. The zero-order chi connectivity index (χ0) is 11.4. The van der Waals surface area contributed by atoms with Crippen LogP contribution in [0.5, 0.6) is 0 Å². The fraction of sp³-hybridized carbons (Fsp3) is 0.100. The minimum Gasteiger partial charge on any atom is -0.473 e. The molecule has 1 heterocycles. The van der Waals surface area contributed by atoms with E-state index < -0.39 is 5.30 Å². The summed E-state index contributed by atoms with van der Waals surface area (Å²) in [6.45, 7) is 0. The standard InChI is InChI=1S/C10H8N2O3S/c13-10(14)16-9-8(15-12-11-9)6-7-4-2-1-3-5-7/h1-5H,6H2,(H,13,14). The molecule has 0 aliphatic heterocycles. The molecule has 0 unspecified atom stereocenters. The largest absolute Gasteiger partial charge is 0.473 e. The monoisotopic (exact) mass is 236 g/mol. The van der Waals surface area contributed by atoms with Crippen molar-refractivity contribution >= 4 is 17.1 Å². The third-order valence-electron chi connectivity index (χ3n) is 1.91. The van der Waals surface area contributed by atoms with Crippen LogP contribution in [0.2, 0.25) is 0 Å². The normalized spacial score (nSPS) is 10.2. The van der Waals surface area contributed by atoms with Crippen molar-refractivity contribution < 1.29 is 14.4 Å². The lowest BCUT2D eigenvalue weighted by Gasteiger charge is -1.97. The van der Waals surface area contributed by atoms with Crippen LogP contribution in [0.15, 0.2) is 39.9 Å². The lowest BCUT2D eigenvalue weighted by atomic mass is 10.1. The van der Waals surface area contributed by atoms with Crippen molar-refractivity contribution in [3.8, 4) is 0 Å². The number of rotatable bonds is 3. The van der Waals surface area contributed by atoms with Crippen LogP contribution in [0.4, 0.5) is 4.79 Å². The van der Waals surface area contributed by atoms with Gasteiger partial charge in [-0.3, -0.25) is 0 Å². The molecule has 0 saturated carbocycles. The molecule has 0 bridgehead atoms. The maximum Gasteiger partial charge on any atom is 0.371 e. The molecule has 1 aromatic carbocycles. The fourth-order valence-electron chi connectivity index (χ4n) is 1.25. The molecular formula is C10H8N2O3S. The second kappa shape index (κ2) is 4.80. The predicted molar refractivity (Wildman–Crippen MR) is 57.4 cm³/mol. The zero-order valence-electron chi connectivity index (χ0n) is 8.16. The Kier molecular flexibility index (Phi) is 3.21. The molecule has 16 heavy (non-hydrogen) atoms. The molecule has 2 aromatic rings. The molecule has 2 rings (SSSR count). The van der Waals surface area contributed by atoms with Crippen molar-refractivity contribution in [3.05, 3.63) is 41.7 Å². The van der Waals surface area contributed by atoms with Gasteiger partial charge in [0.05, 0.1) is 0 Å². The Morgan fingerprint density at radius 3 is 2.81 bits per heavy atom. The van der Waals surface area contributed by atoms with Gasteiger partial charge in [-0.1, -0.05) is 30.3 Å². The first-order chi connectivity index (χ1) is 7.75. The molecule has 0 aliphatic carbocycles. The second-order valence-electron chi connectivity index (χ2n) is 3.03. The molecule has 0 atom stereocenters. The van der Waals surface area contributed by atoms with Crippen LogP contribution in [0.3, 0.4) is 0 Å². The van der Waals surface area contributed by atoms with Crippen LogP contribution in [0, 0.1) is 0 Å². The Hall–Kier alpha value is -1.82. The molecule has 0 aliphatic rings. The van der Waals surface area contributed by atoms with Gasteiger partial charge in [0.1, 0.15) is 0 Å². The summed E-state index contributed by atoms with van der Waals surface area (Å²) in [5.41, 5.74) is 1.02. The third-order valence-corrected chi connectivity index (χ3v) is 2.59. The van der Waals surface area contributed by atoms with E-state index in [0.717, 1.165) is 5.56 Å². The molecule has 0 amide bonds. The Labute approximate surface area is 95.5 Å². The average Bonchev–Trinajstić information content (AvgIpc) is 2.66. The smallest absolute Gasteiger partial charge is 0.371 e. The van der Waals surface area contributed by atoms with Crippen LogP contribution in [0.25, 0.3) is 0 Å². The van der Waals surface area contributed by atoms with Crippen molar-refractivity contribution in [3.63, 3.8) is 0 Å². The summed E-state index contributed by atoms with van der Waals surface area (Å²) < 4.78 is 4.92. The summed E-state index contributed by atoms with van der Waals surface area (Å²) >= 11 is 0.600. The molecule has 0 fully saturated rings. The van der Waals surface area contributed by atoms with Gasteiger partial charge in [0, 0.05) is 23.5 Å². The maximum atomic E-state index is 10.5. The quantitative estimate of drug-likeness (QED) is 0.825. The molecule has 0 saturated heterocycles. The Morgan fingerprint density at radius 2 is 2.12 bits per heavy atom. The number of carbonyl (C=O) groups is 1. The number of aromatic nitrogens is 2. The Morgan fingerprint density at radius 1 is 1.38 bits per heavy atom. The average molecular weight is 236 g/mol. The summed E-state index contributed by atoms with van der Waals surface area (Å²) in [6, 6.07) is 9.58. The predicted octanol–water partition coefficient (Wildman–Crippen LogP) is 2.43. The van der Waals surface area contributed by atoms with Gasteiger partial charge in [-0.25, -0.2) is 4.79 Å². The van der Waals surface area contributed by atoms with Crippen LogP contribution < -0.4 is 0 Å². The summed E-state index contributed by atoms with van der Waals surface area (Å²) in [5.74, 6) is 0.471. The van der Waals surface area contributed by atoms with E-state index >= 15 is 0 Å². The molecule has 0 radical (unpaired) electrons. The van der Waals surface area contributed by atoms with Gasteiger partial charge in [0.25, 0.3) is 0 Å². The van der Waals surface area contributed by atoms with Gasteiger partial charge < -0.3 is 9.63 Å². The molecule has 0 spiro atoms. The molecule has 6 heteroatoms. The summed E-state index contributed by atoms with van der Waals surface area (Å²) in [6.07, 6.45) is 0.490. The fourth-order valence-corrected chi connectivity index (χ4v) is 1.71. The highest BCUT2D eigenvalue weighted by molar-refractivity contribution is 8.13. The third kappa shape index (κ3) is 2.60. The minimum atomic E-state index is -1.02. The number of hydrogen-bond donors (Lipinski definition) is 1. The summed E-state index contributed by atoms with van der Waals surface area (Å²) in [7, 11) is 0. The van der Waals surface area contributed by atoms with E-state index in [1.165, 1.54) is 0 Å². The number of thioether (sulfide) groups is 1. The lowest BCUT2D eigenvalue weighted by Crippen LogP contribution is -1.90. The van der Waals surface area contributed by atoms with Gasteiger partial charge in [-0.05, 0) is 5.56 Å². The first-order valence-corrected chi connectivity index (χ1v) is 5.33. The van der Waals surface area contributed by atoms with Crippen LogP contribution in [0.1, 0.15) is 11.3 Å². The number of benzene rings is 1. The van der Waals surface area contributed by atoms with E-state index in [1.54, 1.807) is 0 Å². The molecule has 5 nitrogen and oxygen atoms in total. The number of nitrogens with zero attached hydrogens (tertiary/aromatic N) is 2. The van der Waals surface area contributed by atoms with Gasteiger partial charge in [0.15, 0.2) is 10.8 Å². The molecule has 82 valence electrons. The zero-order valence-corrected chi connectivity index (χ0v) is 8.98. The molecular weight excluding hydrogens is 228 g/mol. The van der Waals surface area contributed by atoms with E-state index in [2.05, 4.69) is 10.4 Å². The number of hydrogen-bond acceptors (Lipinski definition) is 5. The van der Waals surface area contributed by atoms with E-state index in [-0.39, 0.29) is 0 Å². The maximum absolute atomic E-state index is 10.5. The van der Waals surface area contributed by atoms with E-state index in [4.69, 9.17) is 9.63 Å². The highest BCUT2D eigenvalue weighted by Crippen LogP contribution is 2.22. The Balaban J connectivity index is 2.16. The van der Waals surface area contributed by atoms with Crippen LogP contribution >= 0.6 is 11.8 Å². The van der Waals surface area contributed by atoms with Gasteiger partial charge >= 0.3 is 5.30 Å². The van der Waals surface area contributed by atoms with E-state index in [1.807, 2.05) is 30.3 Å². The van der Waals surface area contributed by atoms with Crippen LogP contribution in [-0.2, 0) is 6.42 Å². The van der Waals surface area contributed by atoms with Crippen molar-refractivity contribution in [1.82, 2.24) is 10.4 Å². The van der Waals surface area contributed by atoms with Crippen molar-refractivity contribution in [1.29, 1.82) is 0 Å². The van der Waals surface area contributed by atoms with Crippen molar-refractivity contribution in [2.24, 2.45) is 0 Å². The summed E-state index contributed by atoms with van der Waals surface area (Å²) in [5, 5.41) is 14.9. The lowest BCUT2D eigenvalue weighted by molar-refractivity contribution is 0.222. The van der Waals surface area contributed by atoms with Crippen molar-refractivity contribution in [2.75, 3.05) is 0 Å². The Bertz CT molecular complexity index is 484. The first-order valence-electron chi connectivity index (χ1n) is 4.51. The minimum absolute atomic E-state index is 0.302. The van der Waals surface area contributed by atoms with Crippen LogP contribution in [-0.4, -0.2) is 20.8 Å². The van der Waals surface area contributed by atoms with E-state index in [9.17, 15) is 4.79 Å². The SMILES string of the molecule is O=C(O)Sc1nnoc1Cc1ccccc1. The summed E-state index contributed by atoms with van der Waals surface area (Å²) in [4.78, 5) is 10.5. The highest BCUT2D eigenvalue weighted by Gasteiger charge is 2.14. The van der Waals surface area contributed by atoms with Crippen molar-refractivity contribution in [2.45, 2.75) is 11.4 Å².